The summed E-state index contributed by atoms with van der Waals surface area (Å²) in [4.78, 5) is 31.8. The van der Waals surface area contributed by atoms with Crippen LogP contribution >= 0.6 is 0 Å². The molecule has 0 bridgehead atoms. The van der Waals surface area contributed by atoms with E-state index < -0.39 is 0 Å². The summed E-state index contributed by atoms with van der Waals surface area (Å²) in [6.45, 7) is 0. The van der Waals surface area contributed by atoms with Gasteiger partial charge in [0.2, 0.25) is 5.91 Å². The first kappa shape index (κ1) is 19.1. The number of pyridine rings is 1. The van der Waals surface area contributed by atoms with E-state index in [4.69, 9.17) is 5.73 Å². The molecule has 2 heterocycles. The molecule has 1 aromatic carbocycles. The number of nitrogens with zero attached hydrogens (tertiary/aromatic N) is 2. The number of rotatable bonds is 4. The lowest BCUT2D eigenvalue weighted by molar-refractivity contribution is -0.120. The maximum Gasteiger partial charge on any atom is 0.330 e. The van der Waals surface area contributed by atoms with Crippen molar-refractivity contribution in [3.63, 3.8) is 0 Å². The molecular formula is C21H22FN5O2. The minimum absolute atomic E-state index is 0.0634. The second-order valence-corrected chi connectivity index (χ2v) is 7.32. The Morgan fingerprint density at radius 3 is 2.62 bits per heavy atom. The Morgan fingerprint density at radius 2 is 1.90 bits per heavy atom. The highest BCUT2D eigenvalue weighted by molar-refractivity contribution is 5.92. The maximum absolute atomic E-state index is 13.3. The van der Waals surface area contributed by atoms with E-state index >= 15 is 0 Å². The van der Waals surface area contributed by atoms with Crippen LogP contribution in [0, 0.1) is 11.7 Å². The lowest BCUT2D eigenvalue weighted by Gasteiger charge is -2.25. The quantitative estimate of drug-likeness (QED) is 0.632. The van der Waals surface area contributed by atoms with E-state index in [-0.39, 0.29) is 29.4 Å². The van der Waals surface area contributed by atoms with Crippen LogP contribution in [0.2, 0.25) is 0 Å². The summed E-state index contributed by atoms with van der Waals surface area (Å²) in [6, 6.07) is 9.31. The molecular weight excluding hydrogens is 373 g/mol. The van der Waals surface area contributed by atoms with Gasteiger partial charge in [-0.15, -0.1) is 0 Å². The molecule has 2 aromatic heterocycles. The minimum atomic E-state index is -0.378. The predicted octanol–water partition coefficient (Wildman–Crippen LogP) is 2.82. The lowest BCUT2D eigenvalue weighted by Crippen LogP contribution is -2.32. The highest BCUT2D eigenvalue weighted by Crippen LogP contribution is 2.26. The van der Waals surface area contributed by atoms with Gasteiger partial charge in [-0.3, -0.25) is 9.36 Å². The van der Waals surface area contributed by atoms with Crippen molar-refractivity contribution in [2.24, 2.45) is 11.7 Å². The fourth-order valence-corrected chi connectivity index (χ4v) is 3.70. The molecule has 1 aliphatic rings. The van der Waals surface area contributed by atoms with Gasteiger partial charge in [-0.05, 0) is 62.1 Å². The summed E-state index contributed by atoms with van der Waals surface area (Å²) in [5, 5.41) is 2.87. The van der Waals surface area contributed by atoms with Crippen molar-refractivity contribution in [2.45, 2.75) is 31.7 Å². The minimum Gasteiger partial charge on any atom is -0.328 e. The van der Waals surface area contributed by atoms with E-state index in [0.29, 0.717) is 22.8 Å². The summed E-state index contributed by atoms with van der Waals surface area (Å²) in [5.74, 6) is -0.0883. The highest BCUT2D eigenvalue weighted by Gasteiger charge is 2.25. The van der Waals surface area contributed by atoms with E-state index in [1.54, 1.807) is 24.5 Å². The highest BCUT2D eigenvalue weighted by atomic mass is 19.1. The third-order valence-corrected chi connectivity index (χ3v) is 5.31. The summed E-state index contributed by atoms with van der Waals surface area (Å²) in [7, 11) is 0. The van der Waals surface area contributed by atoms with Gasteiger partial charge in [-0.1, -0.05) is 0 Å². The fourth-order valence-electron chi connectivity index (χ4n) is 3.70. The van der Waals surface area contributed by atoms with Gasteiger partial charge >= 0.3 is 5.69 Å². The van der Waals surface area contributed by atoms with Gasteiger partial charge in [0.05, 0.1) is 11.4 Å². The first-order valence-corrected chi connectivity index (χ1v) is 9.60. The molecule has 1 amide bonds. The van der Waals surface area contributed by atoms with Gasteiger partial charge in [0, 0.05) is 29.9 Å². The number of nitrogens with one attached hydrogen (secondary N) is 2. The monoisotopic (exact) mass is 395 g/mol. The molecule has 0 aliphatic heterocycles. The third-order valence-electron chi connectivity index (χ3n) is 5.31. The molecule has 1 saturated carbocycles. The zero-order chi connectivity index (χ0) is 20.4. The van der Waals surface area contributed by atoms with E-state index in [1.165, 1.54) is 28.8 Å². The zero-order valence-corrected chi connectivity index (χ0v) is 15.8. The summed E-state index contributed by atoms with van der Waals surface area (Å²) >= 11 is 0. The van der Waals surface area contributed by atoms with Gasteiger partial charge in [0.25, 0.3) is 0 Å². The molecule has 0 saturated heterocycles. The van der Waals surface area contributed by atoms with Crippen LogP contribution < -0.4 is 16.7 Å². The Morgan fingerprint density at radius 1 is 1.17 bits per heavy atom. The van der Waals surface area contributed by atoms with E-state index in [9.17, 15) is 14.0 Å². The second-order valence-electron chi connectivity index (χ2n) is 7.32. The summed E-state index contributed by atoms with van der Waals surface area (Å²) < 4.78 is 14.7. The van der Waals surface area contributed by atoms with Crippen molar-refractivity contribution < 1.29 is 9.18 Å². The van der Waals surface area contributed by atoms with Crippen molar-refractivity contribution in [1.29, 1.82) is 0 Å². The average molecular weight is 395 g/mol. The number of hydrogen-bond acceptors (Lipinski definition) is 4. The van der Waals surface area contributed by atoms with Crippen molar-refractivity contribution in [3.8, 4) is 16.9 Å². The van der Waals surface area contributed by atoms with E-state index in [2.05, 4.69) is 15.3 Å². The molecule has 8 heteroatoms. The van der Waals surface area contributed by atoms with Crippen LogP contribution in [0.3, 0.4) is 0 Å². The lowest BCUT2D eigenvalue weighted by atomic mass is 9.86. The largest absolute Gasteiger partial charge is 0.330 e. The molecule has 0 radical (unpaired) electrons. The Labute approximate surface area is 166 Å². The van der Waals surface area contributed by atoms with Gasteiger partial charge in [0.15, 0.2) is 0 Å². The molecule has 29 heavy (non-hydrogen) atoms. The van der Waals surface area contributed by atoms with E-state index in [0.717, 1.165) is 25.7 Å². The standard InChI is InChI=1S/C21H22FN5O2/c22-15-3-7-17(8-4-15)27-18(12-25-21(27)29)14-9-10-24-19(11-14)26-20(28)13-1-5-16(23)6-2-13/h3-4,7-13,16H,1-2,5-6,23H2,(H,25,29)(H,24,26,28). The number of halogens is 1. The van der Waals surface area contributed by atoms with Crippen LogP contribution in [0.4, 0.5) is 10.2 Å². The molecule has 1 fully saturated rings. The molecule has 0 atom stereocenters. The van der Waals surface area contributed by atoms with Gasteiger partial charge in [0.1, 0.15) is 11.6 Å². The Hall–Kier alpha value is -3.26. The molecule has 1 aliphatic carbocycles. The number of H-pyrrole nitrogens is 1. The molecule has 150 valence electrons. The molecule has 3 aromatic rings. The molecule has 0 unspecified atom stereocenters. The summed E-state index contributed by atoms with van der Waals surface area (Å²) in [6.07, 6.45) is 6.39. The van der Waals surface area contributed by atoms with E-state index in [1.807, 2.05) is 0 Å². The first-order chi connectivity index (χ1) is 14.0. The van der Waals surface area contributed by atoms with Gasteiger partial charge < -0.3 is 16.0 Å². The molecule has 7 nitrogen and oxygen atoms in total. The van der Waals surface area contributed by atoms with Crippen molar-refractivity contribution >= 4 is 11.7 Å². The number of aromatic nitrogens is 3. The van der Waals surface area contributed by atoms with Crippen molar-refractivity contribution in [2.75, 3.05) is 5.32 Å². The van der Waals surface area contributed by atoms with Crippen LogP contribution in [-0.2, 0) is 4.79 Å². The Balaban J connectivity index is 1.59. The normalized spacial score (nSPS) is 19.1. The topological polar surface area (TPSA) is 106 Å². The van der Waals surface area contributed by atoms with Crippen LogP contribution in [0.25, 0.3) is 16.9 Å². The number of carbonyl (C=O) groups is 1. The van der Waals surface area contributed by atoms with Crippen molar-refractivity contribution in [1.82, 2.24) is 14.5 Å². The van der Waals surface area contributed by atoms with Gasteiger partial charge in [-0.2, -0.15) is 0 Å². The summed E-state index contributed by atoms with van der Waals surface area (Å²) in [5.41, 5.74) is 7.39. The number of nitrogens with two attached hydrogens (primary N) is 1. The third kappa shape index (κ3) is 4.12. The van der Waals surface area contributed by atoms with Crippen LogP contribution in [-0.4, -0.2) is 26.5 Å². The Bertz CT molecular complexity index is 1070. The van der Waals surface area contributed by atoms with Crippen molar-refractivity contribution in [3.05, 3.63) is 65.1 Å². The first-order valence-electron chi connectivity index (χ1n) is 9.60. The average Bonchev–Trinajstić information content (AvgIpc) is 3.11. The number of aromatic amines is 1. The molecule has 4 N–H and O–H groups in total. The number of carbonyl (C=O) groups excluding carboxylic acids is 1. The van der Waals surface area contributed by atoms with Crippen LogP contribution in [0.15, 0.2) is 53.6 Å². The van der Waals surface area contributed by atoms with Gasteiger partial charge in [-0.25, -0.2) is 14.2 Å². The predicted molar refractivity (Wildman–Crippen MR) is 108 cm³/mol. The zero-order valence-electron chi connectivity index (χ0n) is 15.8. The fraction of sp³-hybridized carbons (Fsp3) is 0.286. The maximum atomic E-state index is 13.3. The molecule has 0 spiro atoms. The number of amides is 1. The number of imidazole rings is 1. The Kier molecular flexibility index (Phi) is 5.26. The molecule has 4 rings (SSSR count). The number of hydrogen-bond donors (Lipinski definition) is 3. The van der Waals surface area contributed by atoms with Crippen LogP contribution in [0.5, 0.6) is 0 Å². The second kappa shape index (κ2) is 8.00. The smallest absolute Gasteiger partial charge is 0.328 e. The number of anilines is 1. The SMILES string of the molecule is NC1CCC(C(=O)Nc2cc(-c3c[nH]c(=O)n3-c3ccc(F)cc3)ccn2)CC1. The number of benzene rings is 1. The van der Waals surface area contributed by atoms with Crippen LogP contribution in [0.1, 0.15) is 25.7 Å².